The van der Waals surface area contributed by atoms with E-state index < -0.39 is 0 Å². The van der Waals surface area contributed by atoms with E-state index in [1.807, 2.05) is 18.2 Å². The maximum absolute atomic E-state index is 11.1. The Morgan fingerprint density at radius 3 is 2.72 bits per heavy atom. The highest BCUT2D eigenvalue weighted by molar-refractivity contribution is 7.99. The zero-order chi connectivity index (χ0) is 13.2. The first-order valence-electron chi connectivity index (χ1n) is 6.20. The predicted octanol–water partition coefficient (Wildman–Crippen LogP) is 2.63. The number of hydrogen-bond acceptors (Lipinski definition) is 4. The van der Waals surface area contributed by atoms with Crippen molar-refractivity contribution in [3.63, 3.8) is 0 Å². The van der Waals surface area contributed by atoms with E-state index in [9.17, 15) is 4.79 Å². The van der Waals surface area contributed by atoms with Crippen molar-refractivity contribution >= 4 is 17.7 Å². The van der Waals surface area contributed by atoms with Gasteiger partial charge in [-0.25, -0.2) is 0 Å². The van der Waals surface area contributed by atoms with Crippen LogP contribution in [0.1, 0.15) is 24.9 Å². The van der Waals surface area contributed by atoms with E-state index in [2.05, 4.69) is 29.1 Å². The lowest BCUT2D eigenvalue weighted by Crippen LogP contribution is -2.24. The molecule has 1 rings (SSSR count). The van der Waals surface area contributed by atoms with E-state index in [4.69, 9.17) is 0 Å². The Bertz CT molecular complexity index is 343. The van der Waals surface area contributed by atoms with Crippen LogP contribution in [-0.2, 0) is 9.53 Å². The quantitative estimate of drug-likeness (QED) is 0.735. The number of nitrogens with one attached hydrogen (secondary N) is 1. The molecule has 0 heterocycles. The lowest BCUT2D eigenvalue weighted by molar-refractivity contribution is -0.137. The van der Waals surface area contributed by atoms with Crippen molar-refractivity contribution in [3.8, 4) is 0 Å². The predicted molar refractivity (Wildman–Crippen MR) is 76.8 cm³/mol. The first kappa shape index (κ1) is 15.1. The molecule has 18 heavy (non-hydrogen) atoms. The first-order valence-corrected chi connectivity index (χ1v) is 7.36. The molecule has 0 bridgehead atoms. The van der Waals surface area contributed by atoms with Gasteiger partial charge in [0.05, 0.1) is 12.9 Å². The van der Waals surface area contributed by atoms with Gasteiger partial charge in [0.15, 0.2) is 0 Å². The average Bonchev–Trinajstić information content (AvgIpc) is 2.43. The molecule has 0 saturated heterocycles. The fraction of sp³-hybridized carbons (Fsp3) is 0.500. The normalized spacial score (nSPS) is 12.1. The molecule has 3 nitrogen and oxygen atoms in total. The molecule has 0 aliphatic heterocycles. The standard InChI is InChI=1S/C14H21NO2S/c1-3-9-15-13(10-18-11-14(16)17-2)12-7-5-4-6-8-12/h4-8,13,15H,3,9-11H2,1-2H3. The minimum absolute atomic E-state index is 0.165. The van der Waals surface area contributed by atoms with E-state index in [-0.39, 0.29) is 5.97 Å². The number of methoxy groups -OCH3 is 1. The van der Waals surface area contributed by atoms with Gasteiger partial charge in [0, 0.05) is 11.8 Å². The van der Waals surface area contributed by atoms with Crippen LogP contribution in [0.5, 0.6) is 0 Å². The topological polar surface area (TPSA) is 38.3 Å². The Labute approximate surface area is 113 Å². The number of hydrogen-bond donors (Lipinski definition) is 1. The minimum atomic E-state index is -0.165. The average molecular weight is 267 g/mol. The summed E-state index contributed by atoms with van der Waals surface area (Å²) in [5.74, 6) is 1.12. The summed E-state index contributed by atoms with van der Waals surface area (Å²) in [7, 11) is 1.42. The molecule has 1 unspecified atom stereocenters. The summed E-state index contributed by atoms with van der Waals surface area (Å²) in [5, 5.41) is 3.50. The highest BCUT2D eigenvalue weighted by Gasteiger charge is 2.11. The second kappa shape index (κ2) is 9.00. The maximum Gasteiger partial charge on any atom is 0.315 e. The van der Waals surface area contributed by atoms with Gasteiger partial charge >= 0.3 is 5.97 Å². The van der Waals surface area contributed by atoms with Crippen LogP contribution in [0.3, 0.4) is 0 Å². The number of carbonyl (C=O) groups excluding carboxylic acids is 1. The summed E-state index contributed by atoms with van der Waals surface area (Å²) in [6, 6.07) is 10.6. The van der Waals surface area contributed by atoms with Crippen LogP contribution < -0.4 is 5.32 Å². The van der Waals surface area contributed by atoms with Gasteiger partial charge in [0.25, 0.3) is 0 Å². The van der Waals surface area contributed by atoms with E-state index in [0.717, 1.165) is 18.7 Å². The molecule has 0 radical (unpaired) electrons. The molecule has 0 aliphatic rings. The molecule has 100 valence electrons. The molecular weight excluding hydrogens is 246 g/mol. The molecule has 1 aromatic rings. The number of thioether (sulfide) groups is 1. The fourth-order valence-electron chi connectivity index (χ4n) is 1.60. The molecule has 0 aromatic heterocycles. The van der Waals surface area contributed by atoms with E-state index in [1.54, 1.807) is 11.8 Å². The fourth-order valence-corrected chi connectivity index (χ4v) is 2.54. The van der Waals surface area contributed by atoms with Crippen molar-refractivity contribution in [2.45, 2.75) is 19.4 Å². The van der Waals surface area contributed by atoms with Gasteiger partial charge in [-0.15, -0.1) is 11.8 Å². The zero-order valence-corrected chi connectivity index (χ0v) is 11.8. The van der Waals surface area contributed by atoms with Crippen molar-refractivity contribution < 1.29 is 9.53 Å². The molecule has 0 fully saturated rings. The van der Waals surface area contributed by atoms with Crippen molar-refractivity contribution in [2.24, 2.45) is 0 Å². The van der Waals surface area contributed by atoms with Crippen LogP contribution in [0.15, 0.2) is 30.3 Å². The van der Waals surface area contributed by atoms with Gasteiger partial charge in [-0.1, -0.05) is 37.3 Å². The van der Waals surface area contributed by atoms with Crippen molar-refractivity contribution in [1.29, 1.82) is 0 Å². The zero-order valence-electron chi connectivity index (χ0n) is 11.0. The van der Waals surface area contributed by atoms with Gasteiger partial charge < -0.3 is 10.1 Å². The van der Waals surface area contributed by atoms with Crippen molar-refractivity contribution in [2.75, 3.05) is 25.2 Å². The Kier molecular flexibility index (Phi) is 7.53. The second-order valence-electron chi connectivity index (χ2n) is 4.01. The molecule has 0 spiro atoms. The number of carbonyl (C=O) groups is 1. The molecule has 1 atom stereocenters. The van der Waals surface area contributed by atoms with Gasteiger partial charge in [0.1, 0.15) is 0 Å². The molecule has 1 aromatic carbocycles. The molecule has 0 amide bonds. The van der Waals surface area contributed by atoms with E-state index >= 15 is 0 Å². The first-order chi connectivity index (χ1) is 8.77. The summed E-state index contributed by atoms with van der Waals surface area (Å²) < 4.78 is 4.64. The second-order valence-corrected chi connectivity index (χ2v) is 5.04. The minimum Gasteiger partial charge on any atom is -0.468 e. The Balaban J connectivity index is 2.48. The highest BCUT2D eigenvalue weighted by atomic mass is 32.2. The maximum atomic E-state index is 11.1. The van der Waals surface area contributed by atoms with Gasteiger partial charge in [-0.3, -0.25) is 4.79 Å². The monoisotopic (exact) mass is 267 g/mol. The molecular formula is C14H21NO2S. The number of benzene rings is 1. The summed E-state index contributed by atoms with van der Waals surface area (Å²) in [5.41, 5.74) is 1.27. The Morgan fingerprint density at radius 1 is 1.39 bits per heavy atom. The Hall–Kier alpha value is -1.00. The van der Waals surface area contributed by atoms with Crippen LogP contribution >= 0.6 is 11.8 Å². The third-order valence-electron chi connectivity index (χ3n) is 2.57. The lowest BCUT2D eigenvalue weighted by atomic mass is 10.1. The van der Waals surface area contributed by atoms with Crippen molar-refractivity contribution in [3.05, 3.63) is 35.9 Å². The van der Waals surface area contributed by atoms with Crippen LogP contribution in [-0.4, -0.2) is 31.1 Å². The molecule has 4 heteroatoms. The smallest absolute Gasteiger partial charge is 0.315 e. The number of ether oxygens (including phenoxy) is 1. The lowest BCUT2D eigenvalue weighted by Gasteiger charge is -2.18. The molecule has 0 aliphatic carbocycles. The largest absolute Gasteiger partial charge is 0.468 e. The highest BCUT2D eigenvalue weighted by Crippen LogP contribution is 2.18. The van der Waals surface area contributed by atoms with Crippen LogP contribution in [0, 0.1) is 0 Å². The molecule has 0 saturated carbocycles. The van der Waals surface area contributed by atoms with E-state index in [0.29, 0.717) is 11.8 Å². The summed E-state index contributed by atoms with van der Waals surface area (Å²) in [6.45, 7) is 3.13. The van der Waals surface area contributed by atoms with Crippen LogP contribution in [0.2, 0.25) is 0 Å². The SMILES string of the molecule is CCCNC(CSCC(=O)OC)c1ccccc1. The van der Waals surface area contributed by atoms with Crippen LogP contribution in [0.4, 0.5) is 0 Å². The summed E-state index contributed by atoms with van der Waals surface area (Å²) in [6.07, 6.45) is 1.10. The third kappa shape index (κ3) is 5.56. The van der Waals surface area contributed by atoms with Crippen molar-refractivity contribution in [1.82, 2.24) is 5.32 Å². The van der Waals surface area contributed by atoms with Gasteiger partial charge in [0.2, 0.25) is 0 Å². The van der Waals surface area contributed by atoms with E-state index in [1.165, 1.54) is 12.7 Å². The summed E-state index contributed by atoms with van der Waals surface area (Å²) >= 11 is 1.60. The third-order valence-corrected chi connectivity index (χ3v) is 3.58. The van der Waals surface area contributed by atoms with Gasteiger partial charge in [-0.2, -0.15) is 0 Å². The summed E-state index contributed by atoms with van der Waals surface area (Å²) in [4.78, 5) is 11.1. The molecule has 1 N–H and O–H groups in total. The number of esters is 1. The van der Waals surface area contributed by atoms with Crippen LogP contribution in [0.25, 0.3) is 0 Å². The Morgan fingerprint density at radius 2 is 2.11 bits per heavy atom. The number of rotatable bonds is 8. The van der Waals surface area contributed by atoms with Gasteiger partial charge in [-0.05, 0) is 18.5 Å².